The molecule has 1 saturated heterocycles. The molecule has 180 valence electrons. The SMILES string of the molecule is COC(=O)N1c2c(OC)cccc2[C@@]23CCN4C(=O)C=C[C@]5(CC[C@]12[C@](O)(C(=O)OC)[C@@H]5O)[C@H]43. The van der Waals surface area contributed by atoms with Gasteiger partial charge in [0.15, 0.2) is 0 Å². The van der Waals surface area contributed by atoms with Crippen LogP contribution in [0.5, 0.6) is 5.75 Å². The zero-order chi connectivity index (χ0) is 24.3. The Morgan fingerprint density at radius 2 is 1.88 bits per heavy atom. The van der Waals surface area contributed by atoms with Gasteiger partial charge in [0.25, 0.3) is 0 Å². The molecule has 3 saturated carbocycles. The van der Waals surface area contributed by atoms with Gasteiger partial charge in [-0.15, -0.1) is 0 Å². The van der Waals surface area contributed by atoms with Gasteiger partial charge in [-0.3, -0.25) is 9.69 Å². The second-order valence-corrected chi connectivity index (χ2v) is 9.78. The lowest BCUT2D eigenvalue weighted by Crippen LogP contribution is -2.90. The first-order chi connectivity index (χ1) is 16.2. The van der Waals surface area contributed by atoms with Gasteiger partial charge in [0, 0.05) is 17.4 Å². The molecule has 0 radical (unpaired) electrons. The van der Waals surface area contributed by atoms with Crippen LogP contribution in [0.2, 0.25) is 0 Å². The third kappa shape index (κ3) is 1.79. The van der Waals surface area contributed by atoms with Gasteiger partial charge in [0.05, 0.1) is 33.1 Å². The van der Waals surface area contributed by atoms with Crippen molar-refractivity contribution in [1.82, 2.24) is 4.90 Å². The summed E-state index contributed by atoms with van der Waals surface area (Å²) >= 11 is 0. The minimum absolute atomic E-state index is 0.172. The molecule has 34 heavy (non-hydrogen) atoms. The minimum Gasteiger partial charge on any atom is -0.495 e. The maximum Gasteiger partial charge on any atom is 0.414 e. The van der Waals surface area contributed by atoms with Crippen LogP contribution in [-0.2, 0) is 24.5 Å². The van der Waals surface area contributed by atoms with Crippen LogP contribution >= 0.6 is 0 Å². The number of rotatable bonds is 2. The van der Waals surface area contributed by atoms with E-state index in [-0.39, 0.29) is 12.3 Å². The average molecular weight is 470 g/mol. The summed E-state index contributed by atoms with van der Waals surface area (Å²) in [7, 11) is 3.83. The number of amides is 2. The molecular formula is C24H26N2O8. The Bertz CT molecular complexity index is 1180. The molecule has 4 fully saturated rings. The van der Waals surface area contributed by atoms with Crippen LogP contribution in [0, 0.1) is 5.41 Å². The molecule has 6 atom stereocenters. The van der Waals surface area contributed by atoms with Crippen LogP contribution in [0.25, 0.3) is 0 Å². The number of aliphatic hydroxyl groups is 2. The molecule has 3 heterocycles. The normalized spacial score (nSPS) is 40.6. The van der Waals surface area contributed by atoms with Crippen LogP contribution < -0.4 is 9.64 Å². The molecule has 0 aromatic heterocycles. The highest BCUT2D eigenvalue weighted by molar-refractivity contribution is 6.02. The van der Waals surface area contributed by atoms with Gasteiger partial charge in [-0.1, -0.05) is 18.2 Å². The van der Waals surface area contributed by atoms with Crippen molar-refractivity contribution in [3.05, 3.63) is 35.9 Å². The number of hydrogen-bond acceptors (Lipinski definition) is 8. The number of benzene rings is 1. The molecule has 10 heteroatoms. The topological polar surface area (TPSA) is 126 Å². The van der Waals surface area contributed by atoms with Crippen molar-refractivity contribution in [3.8, 4) is 5.75 Å². The smallest absolute Gasteiger partial charge is 0.414 e. The summed E-state index contributed by atoms with van der Waals surface area (Å²) in [6.07, 6.45) is 1.49. The van der Waals surface area contributed by atoms with Crippen molar-refractivity contribution < 1.29 is 38.8 Å². The largest absolute Gasteiger partial charge is 0.495 e. The maximum atomic E-state index is 13.5. The first kappa shape index (κ1) is 21.4. The quantitative estimate of drug-likeness (QED) is 0.598. The Kier molecular flexibility index (Phi) is 3.97. The summed E-state index contributed by atoms with van der Waals surface area (Å²) in [5.74, 6) is -0.886. The van der Waals surface area contributed by atoms with Gasteiger partial charge in [0.1, 0.15) is 17.4 Å². The van der Waals surface area contributed by atoms with E-state index in [0.29, 0.717) is 36.4 Å². The lowest BCUT2D eigenvalue weighted by molar-refractivity contribution is -0.261. The van der Waals surface area contributed by atoms with E-state index in [1.165, 1.54) is 25.2 Å². The second kappa shape index (κ2) is 6.31. The van der Waals surface area contributed by atoms with Gasteiger partial charge < -0.3 is 29.3 Å². The van der Waals surface area contributed by atoms with Crippen molar-refractivity contribution in [3.63, 3.8) is 0 Å². The summed E-state index contributed by atoms with van der Waals surface area (Å²) < 4.78 is 15.9. The number of anilines is 1. The fourth-order valence-corrected chi connectivity index (χ4v) is 8.25. The highest BCUT2D eigenvalue weighted by atomic mass is 16.6. The van der Waals surface area contributed by atoms with Gasteiger partial charge in [-0.25, -0.2) is 9.59 Å². The van der Waals surface area contributed by atoms with Crippen LogP contribution in [0.15, 0.2) is 30.4 Å². The number of esters is 1. The van der Waals surface area contributed by atoms with E-state index >= 15 is 0 Å². The Balaban J connectivity index is 1.80. The lowest BCUT2D eigenvalue weighted by atomic mass is 9.37. The molecule has 7 rings (SSSR count). The van der Waals surface area contributed by atoms with E-state index in [1.807, 2.05) is 6.07 Å². The van der Waals surface area contributed by atoms with Gasteiger partial charge in [-0.05, 0) is 37.0 Å². The van der Waals surface area contributed by atoms with Crippen molar-refractivity contribution in [2.24, 2.45) is 5.41 Å². The van der Waals surface area contributed by atoms with Crippen LogP contribution in [0.1, 0.15) is 24.8 Å². The number of carbonyl (C=O) groups excluding carboxylic acids is 3. The molecule has 2 amide bonds. The first-order valence-electron chi connectivity index (χ1n) is 11.3. The Labute approximate surface area is 195 Å². The number of aliphatic hydroxyl groups excluding tert-OH is 1. The molecular weight excluding hydrogens is 444 g/mol. The van der Waals surface area contributed by atoms with Gasteiger partial charge >= 0.3 is 12.1 Å². The number of para-hydroxylation sites is 1. The summed E-state index contributed by atoms with van der Waals surface area (Å²) in [5, 5.41) is 24.2. The minimum atomic E-state index is -2.50. The zero-order valence-corrected chi connectivity index (χ0v) is 19.1. The van der Waals surface area contributed by atoms with Crippen molar-refractivity contribution in [2.45, 2.75) is 48.0 Å². The lowest BCUT2D eigenvalue weighted by Gasteiger charge is -2.72. The predicted molar refractivity (Wildman–Crippen MR) is 116 cm³/mol. The third-order valence-corrected chi connectivity index (χ3v) is 9.21. The summed E-state index contributed by atoms with van der Waals surface area (Å²) in [4.78, 5) is 42.9. The van der Waals surface area contributed by atoms with Crippen LogP contribution in [0.3, 0.4) is 0 Å². The molecule has 3 aliphatic heterocycles. The zero-order valence-electron chi connectivity index (χ0n) is 19.1. The highest BCUT2D eigenvalue weighted by Gasteiger charge is 2.90. The van der Waals surface area contributed by atoms with Crippen molar-refractivity contribution in [2.75, 3.05) is 32.8 Å². The molecule has 1 aromatic carbocycles. The fourth-order valence-electron chi connectivity index (χ4n) is 8.25. The molecule has 6 aliphatic rings. The summed E-state index contributed by atoms with van der Waals surface area (Å²) in [6.45, 7) is 0.340. The number of ether oxygens (including phenoxy) is 3. The Morgan fingerprint density at radius 1 is 1.12 bits per heavy atom. The van der Waals surface area contributed by atoms with E-state index in [2.05, 4.69) is 0 Å². The van der Waals surface area contributed by atoms with Gasteiger partial charge in [0.2, 0.25) is 11.5 Å². The Morgan fingerprint density at radius 3 is 2.56 bits per heavy atom. The fraction of sp³-hybridized carbons (Fsp3) is 0.542. The molecule has 3 aliphatic carbocycles. The molecule has 2 bridgehead atoms. The molecule has 3 spiro atoms. The third-order valence-electron chi connectivity index (χ3n) is 9.21. The number of methoxy groups -OCH3 is 3. The average Bonchev–Trinajstić information content (AvgIpc) is 3.40. The standard InChI is InChI=1S/C24H26N2O8/c1-32-14-6-4-5-13-16(14)26(20(30)34-3)23-10-9-21(18(28)24(23,31)19(29)33-2)8-7-15(27)25-12-11-22(13,23)17(21)25/h4-8,17-18,28,31H,9-12H2,1-3H3/t17-,18+,21-,22+,23-,24+/m0/s1. The maximum absolute atomic E-state index is 13.5. The van der Waals surface area contributed by atoms with E-state index < -0.39 is 46.2 Å². The molecule has 10 nitrogen and oxygen atoms in total. The summed E-state index contributed by atoms with van der Waals surface area (Å²) in [5.41, 5.74) is -5.33. The van der Waals surface area contributed by atoms with Crippen molar-refractivity contribution >= 4 is 23.7 Å². The molecule has 2 N–H and O–H groups in total. The van der Waals surface area contributed by atoms with E-state index in [1.54, 1.807) is 23.1 Å². The Hall–Kier alpha value is -3.11. The second-order valence-electron chi connectivity index (χ2n) is 9.78. The number of carbonyl (C=O) groups is 3. The van der Waals surface area contributed by atoms with E-state index in [9.17, 15) is 24.6 Å². The summed E-state index contributed by atoms with van der Waals surface area (Å²) in [6, 6.07) is 4.72. The number of fused-ring (bicyclic) bond motifs is 3. The van der Waals surface area contributed by atoms with E-state index in [4.69, 9.17) is 14.2 Å². The highest BCUT2D eigenvalue weighted by Crippen LogP contribution is 2.76. The predicted octanol–water partition coefficient (Wildman–Crippen LogP) is 0.488. The molecule has 1 aromatic rings. The monoisotopic (exact) mass is 470 g/mol. The van der Waals surface area contributed by atoms with Crippen molar-refractivity contribution in [1.29, 1.82) is 0 Å². The molecule has 0 unspecified atom stereocenters. The first-order valence-corrected chi connectivity index (χ1v) is 11.3. The van der Waals surface area contributed by atoms with Crippen LogP contribution in [0.4, 0.5) is 10.5 Å². The van der Waals surface area contributed by atoms with Gasteiger partial charge in [-0.2, -0.15) is 0 Å². The number of nitrogens with zero attached hydrogens (tertiary/aromatic N) is 2. The van der Waals surface area contributed by atoms with Crippen LogP contribution in [-0.4, -0.2) is 84.2 Å². The van der Waals surface area contributed by atoms with E-state index in [0.717, 1.165) is 7.11 Å². The number of hydrogen-bond donors (Lipinski definition) is 2.